The van der Waals surface area contributed by atoms with E-state index >= 15 is 0 Å². The fourth-order valence-electron chi connectivity index (χ4n) is 3.21. The van der Waals surface area contributed by atoms with Crippen molar-refractivity contribution in [2.45, 2.75) is 31.1 Å². The highest BCUT2D eigenvalue weighted by Crippen LogP contribution is 2.40. The zero-order chi connectivity index (χ0) is 16.0. The van der Waals surface area contributed by atoms with E-state index in [0.717, 1.165) is 5.82 Å². The highest BCUT2D eigenvalue weighted by molar-refractivity contribution is 7.88. The number of sulfonamides is 1. The van der Waals surface area contributed by atoms with Crippen molar-refractivity contribution in [3.05, 3.63) is 18.2 Å². The van der Waals surface area contributed by atoms with E-state index in [1.165, 1.54) is 10.6 Å². The Balaban J connectivity index is 1.88. The maximum absolute atomic E-state index is 12.0. The highest BCUT2D eigenvalue weighted by atomic mass is 32.2. The second kappa shape index (κ2) is 5.32. The van der Waals surface area contributed by atoms with Crippen molar-refractivity contribution in [3.63, 3.8) is 0 Å². The second-order valence-electron chi connectivity index (χ2n) is 5.78. The molecule has 1 amide bonds. The summed E-state index contributed by atoms with van der Waals surface area (Å²) in [6.45, 7) is 1.16. The number of piperidine rings is 1. The Morgan fingerprint density at radius 2 is 2.14 bits per heavy atom. The fourth-order valence-corrected chi connectivity index (χ4v) is 4.06. The minimum absolute atomic E-state index is 0.177. The fraction of sp³-hybridized carbons (Fsp3) is 0.692. The van der Waals surface area contributed by atoms with Crippen LogP contribution >= 0.6 is 0 Å². The van der Waals surface area contributed by atoms with Crippen LogP contribution in [0.3, 0.4) is 0 Å². The van der Waals surface area contributed by atoms with Gasteiger partial charge in [-0.2, -0.15) is 0 Å². The Bertz CT molecular complexity index is 676. The molecule has 22 heavy (non-hydrogen) atoms. The largest absolute Gasteiger partial charge is 0.357 e. The molecule has 1 atom stereocenters. The van der Waals surface area contributed by atoms with Crippen LogP contribution in [0.25, 0.3) is 0 Å². The summed E-state index contributed by atoms with van der Waals surface area (Å²) < 4.78 is 32.8. The summed E-state index contributed by atoms with van der Waals surface area (Å²) in [5, 5.41) is 2.61. The zero-order valence-electron chi connectivity index (χ0n) is 12.7. The first-order chi connectivity index (χ1) is 10.4. The number of carbonyl (C=O) groups is 1. The molecular weight excluding hydrogens is 308 g/mol. The van der Waals surface area contributed by atoms with Crippen molar-refractivity contribution in [2.75, 3.05) is 26.4 Å². The summed E-state index contributed by atoms with van der Waals surface area (Å²) in [4.78, 5) is 16.4. The molecule has 1 aromatic rings. The van der Waals surface area contributed by atoms with Crippen LogP contribution in [0.4, 0.5) is 0 Å². The van der Waals surface area contributed by atoms with Gasteiger partial charge in [-0.25, -0.2) is 17.7 Å². The van der Waals surface area contributed by atoms with Crippen LogP contribution in [0.2, 0.25) is 0 Å². The van der Waals surface area contributed by atoms with Crippen LogP contribution in [-0.2, 0) is 31.7 Å². The molecule has 0 bridgehead atoms. The minimum Gasteiger partial charge on any atom is -0.357 e. The lowest BCUT2D eigenvalue weighted by atomic mass is 9.89. The molecule has 0 saturated carbocycles. The van der Waals surface area contributed by atoms with Crippen LogP contribution in [0, 0.1) is 0 Å². The maximum atomic E-state index is 12.0. The highest BCUT2D eigenvalue weighted by Gasteiger charge is 2.47. The SMILES string of the molecule is CNC(=O)C1Cn2ccnc2C2(CCN(S(C)(=O)=O)CC2)O1. The topological polar surface area (TPSA) is 93.5 Å². The van der Waals surface area contributed by atoms with Crippen molar-refractivity contribution >= 4 is 15.9 Å². The van der Waals surface area contributed by atoms with Gasteiger partial charge in [-0.1, -0.05) is 0 Å². The van der Waals surface area contributed by atoms with Crippen molar-refractivity contribution in [1.82, 2.24) is 19.2 Å². The first-order valence-electron chi connectivity index (χ1n) is 7.22. The zero-order valence-corrected chi connectivity index (χ0v) is 13.5. The third-order valence-electron chi connectivity index (χ3n) is 4.39. The van der Waals surface area contributed by atoms with Gasteiger partial charge >= 0.3 is 0 Å². The number of aromatic nitrogens is 2. The van der Waals surface area contributed by atoms with Crippen LogP contribution in [0.1, 0.15) is 18.7 Å². The van der Waals surface area contributed by atoms with Gasteiger partial charge < -0.3 is 14.6 Å². The van der Waals surface area contributed by atoms with Gasteiger partial charge in [-0.05, 0) is 12.8 Å². The van der Waals surface area contributed by atoms with Gasteiger partial charge in [0.2, 0.25) is 10.0 Å². The molecule has 122 valence electrons. The van der Waals surface area contributed by atoms with Gasteiger partial charge in [0.1, 0.15) is 11.4 Å². The molecule has 0 aromatic carbocycles. The summed E-state index contributed by atoms with van der Waals surface area (Å²) in [6.07, 6.45) is 5.13. The van der Waals surface area contributed by atoms with Crippen LogP contribution in [0.5, 0.6) is 0 Å². The van der Waals surface area contributed by atoms with Gasteiger partial charge in [0.25, 0.3) is 5.91 Å². The Kier molecular flexibility index (Phi) is 3.74. The Morgan fingerprint density at radius 1 is 1.45 bits per heavy atom. The minimum atomic E-state index is -3.21. The molecule has 0 radical (unpaired) electrons. The molecule has 8 nitrogen and oxygen atoms in total. The summed E-state index contributed by atoms with van der Waals surface area (Å²) in [5.41, 5.74) is -0.694. The number of imidazole rings is 1. The van der Waals surface area contributed by atoms with Gasteiger partial charge in [0.15, 0.2) is 6.10 Å². The molecule has 3 heterocycles. The summed E-state index contributed by atoms with van der Waals surface area (Å²) in [7, 11) is -1.63. The van der Waals surface area contributed by atoms with E-state index < -0.39 is 21.7 Å². The number of hydrogen-bond donors (Lipinski definition) is 1. The van der Waals surface area contributed by atoms with Gasteiger partial charge in [0, 0.05) is 32.5 Å². The Morgan fingerprint density at radius 3 is 2.73 bits per heavy atom. The van der Waals surface area contributed by atoms with Crippen molar-refractivity contribution < 1.29 is 17.9 Å². The summed E-state index contributed by atoms with van der Waals surface area (Å²) >= 11 is 0. The lowest BCUT2D eigenvalue weighted by molar-refractivity contribution is -0.170. The molecule has 1 saturated heterocycles. The predicted octanol–water partition coefficient (Wildman–Crippen LogP) is -0.721. The number of ether oxygens (including phenoxy) is 1. The predicted molar refractivity (Wildman–Crippen MR) is 78.5 cm³/mol. The van der Waals surface area contributed by atoms with Crippen LogP contribution in [0.15, 0.2) is 12.4 Å². The van der Waals surface area contributed by atoms with E-state index in [0.29, 0.717) is 32.5 Å². The molecule has 1 spiro atoms. The quantitative estimate of drug-likeness (QED) is 0.773. The number of likely N-dealkylation sites (N-methyl/N-ethyl adjacent to an activating group) is 1. The van der Waals surface area contributed by atoms with Crippen LogP contribution in [-0.4, -0.2) is 60.7 Å². The molecule has 1 fully saturated rings. The van der Waals surface area contributed by atoms with E-state index in [1.54, 1.807) is 13.2 Å². The lowest BCUT2D eigenvalue weighted by Gasteiger charge is -2.44. The number of carbonyl (C=O) groups excluding carboxylic acids is 1. The molecule has 2 aliphatic rings. The average Bonchev–Trinajstić information content (AvgIpc) is 2.95. The number of rotatable bonds is 2. The molecule has 1 unspecified atom stereocenters. The molecule has 9 heteroatoms. The molecule has 0 aliphatic carbocycles. The number of hydrogen-bond acceptors (Lipinski definition) is 5. The van der Waals surface area contributed by atoms with E-state index in [2.05, 4.69) is 10.3 Å². The lowest BCUT2D eigenvalue weighted by Crippen LogP contribution is -2.54. The van der Waals surface area contributed by atoms with E-state index in [9.17, 15) is 13.2 Å². The first-order valence-corrected chi connectivity index (χ1v) is 9.07. The third-order valence-corrected chi connectivity index (χ3v) is 5.69. The molecule has 2 aliphatic heterocycles. The van der Waals surface area contributed by atoms with Crippen molar-refractivity contribution in [2.24, 2.45) is 0 Å². The normalized spacial score (nSPS) is 24.9. The standard InChI is InChI=1S/C13H20N4O4S/c1-14-11(18)10-9-16-8-5-15-12(16)13(21-10)3-6-17(7-4-13)22(2,19)20/h5,8,10H,3-4,6-7,9H2,1-2H3,(H,14,18). The number of fused-ring (bicyclic) bond motifs is 2. The summed E-state index contributed by atoms with van der Waals surface area (Å²) in [6, 6.07) is 0. The summed E-state index contributed by atoms with van der Waals surface area (Å²) in [5.74, 6) is 0.602. The van der Waals surface area contributed by atoms with Crippen molar-refractivity contribution in [3.8, 4) is 0 Å². The smallest absolute Gasteiger partial charge is 0.250 e. The number of nitrogens with one attached hydrogen (secondary N) is 1. The van der Waals surface area contributed by atoms with Gasteiger partial charge in [-0.15, -0.1) is 0 Å². The number of amides is 1. The van der Waals surface area contributed by atoms with E-state index in [1.807, 2.05) is 10.8 Å². The molecular formula is C13H20N4O4S. The molecule has 1 aromatic heterocycles. The van der Waals surface area contributed by atoms with Crippen LogP contribution < -0.4 is 5.32 Å². The van der Waals surface area contributed by atoms with Gasteiger partial charge in [0.05, 0.1) is 12.8 Å². The Labute approximate surface area is 129 Å². The molecule has 1 N–H and O–H groups in total. The van der Waals surface area contributed by atoms with E-state index in [-0.39, 0.29) is 5.91 Å². The van der Waals surface area contributed by atoms with Gasteiger partial charge in [-0.3, -0.25) is 4.79 Å². The number of nitrogens with zero attached hydrogens (tertiary/aromatic N) is 3. The third kappa shape index (κ3) is 2.53. The first kappa shape index (κ1) is 15.4. The maximum Gasteiger partial charge on any atom is 0.250 e. The monoisotopic (exact) mass is 328 g/mol. The second-order valence-corrected chi connectivity index (χ2v) is 7.76. The average molecular weight is 328 g/mol. The Hall–Kier alpha value is -1.45. The van der Waals surface area contributed by atoms with E-state index in [4.69, 9.17) is 4.74 Å². The van der Waals surface area contributed by atoms with Crippen molar-refractivity contribution in [1.29, 1.82) is 0 Å². The molecule has 3 rings (SSSR count).